The third-order valence-electron chi connectivity index (χ3n) is 8.07. The number of hydrogen-bond acceptors (Lipinski definition) is 6. The van der Waals surface area contributed by atoms with E-state index in [1.165, 1.54) is 83.5 Å². The van der Waals surface area contributed by atoms with Crippen molar-refractivity contribution in [2.75, 3.05) is 6.61 Å². The number of cyclic esters (lactones) is 1. The van der Waals surface area contributed by atoms with Crippen molar-refractivity contribution in [3.8, 4) is 0 Å². The standard InChI is InChI=1S/C29H51NO7/c1-3-5-6-7-8-9-10-11-12-13-14-15-16-17-18-19-22(20-24-23(4-2)26(31)36-24)25-21-35-29(37-25,27(30)32)28(33)34/h22-25H,3-21H2,1-2H3,(H2,30,32)(H,33,34)/t22-,23-,24-,25?,29?/m0/s1. The molecule has 2 rings (SSSR count). The van der Waals surface area contributed by atoms with Crippen molar-refractivity contribution in [1.82, 2.24) is 0 Å². The Morgan fingerprint density at radius 3 is 1.84 bits per heavy atom. The molecule has 0 aromatic rings. The fourth-order valence-corrected chi connectivity index (χ4v) is 5.63. The lowest BCUT2D eigenvalue weighted by molar-refractivity contribution is -0.208. The molecule has 8 heteroatoms. The van der Waals surface area contributed by atoms with Crippen LogP contribution in [-0.4, -0.2) is 47.6 Å². The van der Waals surface area contributed by atoms with Gasteiger partial charge in [-0.1, -0.05) is 110 Å². The fraction of sp³-hybridized carbons (Fsp3) is 0.897. The van der Waals surface area contributed by atoms with Gasteiger partial charge in [-0.25, -0.2) is 4.79 Å². The number of unbranched alkanes of at least 4 members (excludes halogenated alkanes) is 14. The van der Waals surface area contributed by atoms with E-state index in [2.05, 4.69) is 6.92 Å². The third-order valence-corrected chi connectivity index (χ3v) is 8.07. The first-order chi connectivity index (χ1) is 17.9. The van der Waals surface area contributed by atoms with Gasteiger partial charge < -0.3 is 25.1 Å². The number of carboxylic acid groups (broad SMARTS) is 1. The largest absolute Gasteiger partial charge is 0.477 e. The maximum atomic E-state index is 11.8. The van der Waals surface area contributed by atoms with E-state index >= 15 is 0 Å². The van der Waals surface area contributed by atoms with Gasteiger partial charge in [0, 0.05) is 0 Å². The summed E-state index contributed by atoms with van der Waals surface area (Å²) in [5.74, 6) is -5.51. The van der Waals surface area contributed by atoms with Gasteiger partial charge in [0.05, 0.1) is 18.6 Å². The summed E-state index contributed by atoms with van der Waals surface area (Å²) >= 11 is 0. The van der Waals surface area contributed by atoms with Crippen LogP contribution in [0.15, 0.2) is 0 Å². The van der Waals surface area contributed by atoms with Gasteiger partial charge in [-0.05, 0) is 25.2 Å². The maximum absolute atomic E-state index is 11.8. The zero-order valence-corrected chi connectivity index (χ0v) is 23.2. The predicted molar refractivity (Wildman–Crippen MR) is 142 cm³/mol. The predicted octanol–water partition coefficient (Wildman–Crippen LogP) is 5.89. The van der Waals surface area contributed by atoms with Crippen molar-refractivity contribution in [2.24, 2.45) is 17.6 Å². The van der Waals surface area contributed by atoms with Crippen LogP contribution in [-0.2, 0) is 28.6 Å². The Balaban J connectivity index is 1.65. The molecule has 0 aromatic heterocycles. The number of hydrogen-bond donors (Lipinski definition) is 2. The lowest BCUT2D eigenvalue weighted by Gasteiger charge is -2.37. The minimum Gasteiger partial charge on any atom is -0.477 e. The molecular formula is C29H51NO7. The molecule has 2 heterocycles. The number of ether oxygens (including phenoxy) is 3. The molecule has 2 fully saturated rings. The average molecular weight is 526 g/mol. The topological polar surface area (TPSA) is 125 Å². The van der Waals surface area contributed by atoms with E-state index in [9.17, 15) is 19.5 Å². The van der Waals surface area contributed by atoms with E-state index in [4.69, 9.17) is 19.9 Å². The third kappa shape index (κ3) is 9.86. The Kier molecular flexibility index (Phi) is 14.5. The zero-order valence-electron chi connectivity index (χ0n) is 23.2. The molecule has 0 radical (unpaired) electrons. The highest BCUT2D eigenvalue weighted by atomic mass is 16.8. The summed E-state index contributed by atoms with van der Waals surface area (Å²) in [5.41, 5.74) is 5.29. The van der Waals surface area contributed by atoms with E-state index < -0.39 is 23.8 Å². The number of nitrogens with two attached hydrogens (primary N) is 1. The molecule has 3 N–H and O–H groups in total. The second kappa shape index (κ2) is 17.0. The molecule has 5 atom stereocenters. The van der Waals surface area contributed by atoms with Crippen molar-refractivity contribution in [2.45, 2.75) is 147 Å². The Morgan fingerprint density at radius 2 is 1.43 bits per heavy atom. The van der Waals surface area contributed by atoms with Gasteiger partial charge in [-0.2, -0.15) is 0 Å². The Labute approximate surface area is 223 Å². The van der Waals surface area contributed by atoms with Crippen molar-refractivity contribution >= 4 is 17.8 Å². The first kappa shape index (κ1) is 31.5. The van der Waals surface area contributed by atoms with E-state index in [1.54, 1.807) is 0 Å². The molecule has 8 nitrogen and oxygen atoms in total. The highest BCUT2D eigenvalue weighted by molar-refractivity contribution is 6.03. The molecule has 214 valence electrons. The van der Waals surface area contributed by atoms with Crippen LogP contribution in [0.4, 0.5) is 0 Å². The summed E-state index contributed by atoms with van der Waals surface area (Å²) in [7, 11) is 0. The van der Waals surface area contributed by atoms with Gasteiger partial charge in [-0.3, -0.25) is 9.59 Å². The first-order valence-electron chi connectivity index (χ1n) is 14.9. The molecule has 0 bridgehead atoms. The van der Waals surface area contributed by atoms with Crippen LogP contribution in [0.1, 0.15) is 129 Å². The molecule has 2 aliphatic heterocycles. The first-order valence-corrected chi connectivity index (χ1v) is 14.9. The lowest BCUT2D eigenvalue weighted by atomic mass is 9.82. The molecule has 2 saturated heterocycles. The number of carboxylic acids is 1. The quantitative estimate of drug-likeness (QED) is 0.103. The summed E-state index contributed by atoms with van der Waals surface area (Å²) in [6.45, 7) is 4.20. The summed E-state index contributed by atoms with van der Waals surface area (Å²) < 4.78 is 16.3. The summed E-state index contributed by atoms with van der Waals surface area (Å²) in [6.07, 6.45) is 20.6. The van der Waals surface area contributed by atoms with Gasteiger partial charge in [0.15, 0.2) is 0 Å². The molecule has 1 amide bonds. The zero-order chi connectivity index (χ0) is 27.1. The minimum atomic E-state index is -2.43. The Bertz CT molecular complexity index is 684. The van der Waals surface area contributed by atoms with Crippen LogP contribution >= 0.6 is 0 Å². The van der Waals surface area contributed by atoms with Gasteiger partial charge in [-0.15, -0.1) is 0 Å². The second-order valence-corrected chi connectivity index (χ2v) is 11.0. The number of carbonyl (C=O) groups excluding carboxylic acids is 2. The number of primary amides is 1. The number of carbonyl (C=O) groups is 3. The lowest BCUT2D eigenvalue weighted by Crippen LogP contribution is -2.52. The molecule has 37 heavy (non-hydrogen) atoms. The van der Waals surface area contributed by atoms with Crippen LogP contribution in [0.25, 0.3) is 0 Å². The molecular weight excluding hydrogens is 474 g/mol. The van der Waals surface area contributed by atoms with E-state index in [-0.39, 0.29) is 30.5 Å². The van der Waals surface area contributed by atoms with Crippen LogP contribution in [0, 0.1) is 11.8 Å². The minimum absolute atomic E-state index is 0.0178. The second-order valence-electron chi connectivity index (χ2n) is 11.0. The smallest absolute Gasteiger partial charge is 0.375 e. The normalized spacial score (nSPS) is 26.0. The Hall–Kier alpha value is -1.67. The van der Waals surface area contributed by atoms with Gasteiger partial charge in [0.25, 0.3) is 5.91 Å². The monoisotopic (exact) mass is 525 g/mol. The van der Waals surface area contributed by atoms with E-state index in [0.29, 0.717) is 12.8 Å². The SMILES string of the molecule is CCCCCCCCCCCCCCCCC[C@@H](C[C@@H]1OC(=O)[C@H]1CC)C1COC(C(N)=O)(C(=O)O)O1. The van der Waals surface area contributed by atoms with Gasteiger partial charge in [0.1, 0.15) is 6.10 Å². The van der Waals surface area contributed by atoms with Crippen molar-refractivity contribution in [3.63, 3.8) is 0 Å². The van der Waals surface area contributed by atoms with Crippen LogP contribution in [0.2, 0.25) is 0 Å². The van der Waals surface area contributed by atoms with Crippen molar-refractivity contribution in [3.05, 3.63) is 0 Å². The Morgan fingerprint density at radius 1 is 0.919 bits per heavy atom. The summed E-state index contributed by atoms with van der Waals surface area (Å²) in [5, 5.41) is 9.48. The fourth-order valence-electron chi connectivity index (χ4n) is 5.63. The molecule has 2 unspecified atom stereocenters. The van der Waals surface area contributed by atoms with Crippen LogP contribution in [0.3, 0.4) is 0 Å². The molecule has 0 aliphatic carbocycles. The van der Waals surface area contributed by atoms with Crippen LogP contribution < -0.4 is 5.73 Å². The van der Waals surface area contributed by atoms with Crippen LogP contribution in [0.5, 0.6) is 0 Å². The van der Waals surface area contributed by atoms with E-state index in [1.807, 2.05) is 6.92 Å². The summed E-state index contributed by atoms with van der Waals surface area (Å²) in [6, 6.07) is 0. The van der Waals surface area contributed by atoms with Gasteiger partial charge in [0.2, 0.25) is 0 Å². The van der Waals surface area contributed by atoms with Crippen molar-refractivity contribution in [1.29, 1.82) is 0 Å². The number of esters is 1. The molecule has 0 spiro atoms. The summed E-state index contributed by atoms with van der Waals surface area (Å²) in [4.78, 5) is 35.2. The highest BCUT2D eigenvalue weighted by Gasteiger charge is 2.56. The number of rotatable bonds is 22. The highest BCUT2D eigenvalue weighted by Crippen LogP contribution is 2.37. The molecule has 0 saturated carbocycles. The molecule has 0 aromatic carbocycles. The van der Waals surface area contributed by atoms with E-state index in [0.717, 1.165) is 19.3 Å². The number of aliphatic carboxylic acids is 1. The van der Waals surface area contributed by atoms with Crippen molar-refractivity contribution < 1.29 is 33.7 Å². The molecule has 2 aliphatic rings. The number of amides is 1. The maximum Gasteiger partial charge on any atom is 0.375 e. The average Bonchev–Trinajstić information content (AvgIpc) is 3.32. The van der Waals surface area contributed by atoms with Gasteiger partial charge >= 0.3 is 17.7 Å².